The molecule has 0 aliphatic rings. The van der Waals surface area contributed by atoms with E-state index in [9.17, 15) is 28.8 Å². The highest BCUT2D eigenvalue weighted by Gasteiger charge is 2.23. The van der Waals surface area contributed by atoms with Gasteiger partial charge >= 0.3 is 5.97 Å². The Hall–Kier alpha value is -2.17. The monoisotopic (exact) mass is 498 g/mol. The summed E-state index contributed by atoms with van der Waals surface area (Å²) in [4.78, 5) is 69.7. The number of nitrogens with one attached hydrogen (secondary N) is 5. The number of carboxylic acids is 1. The largest absolute Gasteiger partial charge is 0.480 e. The molecule has 176 valence electrons. The molecule has 16 heteroatoms. The second-order valence-corrected chi connectivity index (χ2v) is 7.04. The van der Waals surface area contributed by atoms with E-state index in [2.05, 4.69) is 64.5 Å². The molecule has 8 N–H and O–H groups in total. The van der Waals surface area contributed by atoms with E-state index in [-0.39, 0.29) is 17.3 Å². The number of rotatable bonds is 14. The van der Waals surface area contributed by atoms with Crippen molar-refractivity contribution in [3.8, 4) is 0 Å². The Morgan fingerprint density at radius 1 is 0.677 bits per heavy atom. The Kier molecular flexibility index (Phi) is 14.5. The fourth-order valence-corrected chi connectivity index (χ4v) is 2.52. The number of hydrogen-bond acceptors (Lipinski definition) is 10. The van der Waals surface area contributed by atoms with Crippen LogP contribution in [0.25, 0.3) is 0 Å². The van der Waals surface area contributed by atoms with Gasteiger partial charge < -0.3 is 37.4 Å². The molecule has 0 fully saturated rings. The quantitative estimate of drug-likeness (QED) is 0.105. The first-order chi connectivity index (χ1) is 14.5. The van der Waals surface area contributed by atoms with Gasteiger partial charge in [0.15, 0.2) is 0 Å². The van der Waals surface area contributed by atoms with Crippen LogP contribution in [0.4, 0.5) is 0 Å². The Labute approximate surface area is 194 Å². The molecule has 0 radical (unpaired) electrons. The molecule has 3 atom stereocenters. The van der Waals surface area contributed by atoms with Gasteiger partial charge in [-0.2, -0.15) is 37.9 Å². The molecule has 5 amide bonds. The summed E-state index contributed by atoms with van der Waals surface area (Å²) in [5.74, 6) is -4.85. The highest BCUT2D eigenvalue weighted by Crippen LogP contribution is 1.91. The number of carboxylic acid groups (broad SMARTS) is 1. The third-order valence-corrected chi connectivity index (χ3v) is 4.59. The summed E-state index contributed by atoms with van der Waals surface area (Å²) in [6.07, 6.45) is 0. The van der Waals surface area contributed by atoms with Crippen molar-refractivity contribution in [3.05, 3.63) is 0 Å². The summed E-state index contributed by atoms with van der Waals surface area (Å²) in [6, 6.07) is -3.09. The van der Waals surface area contributed by atoms with Crippen molar-refractivity contribution in [2.24, 2.45) is 5.73 Å². The minimum absolute atomic E-state index is 0.0898. The molecule has 0 rings (SSSR count). The maximum atomic E-state index is 12.1. The molecule has 0 aromatic heterocycles. The van der Waals surface area contributed by atoms with Crippen molar-refractivity contribution in [1.29, 1.82) is 0 Å². The van der Waals surface area contributed by atoms with E-state index in [1.54, 1.807) is 0 Å². The van der Waals surface area contributed by atoms with Crippen molar-refractivity contribution in [1.82, 2.24) is 26.6 Å². The van der Waals surface area contributed by atoms with Crippen molar-refractivity contribution in [2.45, 2.75) is 18.1 Å². The van der Waals surface area contributed by atoms with Crippen molar-refractivity contribution >= 4 is 73.4 Å². The number of aliphatic carboxylic acids is 1. The lowest BCUT2D eigenvalue weighted by Gasteiger charge is -2.18. The molecule has 0 unspecified atom stereocenters. The smallest absolute Gasteiger partial charge is 0.322 e. The van der Waals surface area contributed by atoms with Crippen molar-refractivity contribution < 1.29 is 33.9 Å². The molecule has 0 aliphatic heterocycles. The predicted octanol–water partition coefficient (Wildman–Crippen LogP) is -4.49. The second-order valence-electron chi connectivity index (χ2n) is 5.94. The van der Waals surface area contributed by atoms with Gasteiger partial charge in [0, 0.05) is 17.3 Å². The van der Waals surface area contributed by atoms with Crippen LogP contribution in [-0.2, 0) is 28.8 Å². The van der Waals surface area contributed by atoms with E-state index in [4.69, 9.17) is 10.8 Å². The van der Waals surface area contributed by atoms with Gasteiger partial charge in [0.2, 0.25) is 29.5 Å². The summed E-state index contributed by atoms with van der Waals surface area (Å²) < 4.78 is 0. The number of carbonyl (C=O) groups excluding carboxylic acids is 5. The van der Waals surface area contributed by atoms with Crippen LogP contribution in [0.5, 0.6) is 0 Å². The third-order valence-electron chi connectivity index (χ3n) is 3.46. The van der Waals surface area contributed by atoms with Crippen LogP contribution in [0.2, 0.25) is 0 Å². The van der Waals surface area contributed by atoms with Crippen LogP contribution >= 0.6 is 37.9 Å². The lowest BCUT2D eigenvalue weighted by molar-refractivity contribution is -0.138. The molecule has 0 spiro atoms. The van der Waals surface area contributed by atoms with Crippen LogP contribution in [-0.4, -0.2) is 95.6 Å². The van der Waals surface area contributed by atoms with Crippen LogP contribution in [0.15, 0.2) is 0 Å². The van der Waals surface area contributed by atoms with E-state index >= 15 is 0 Å². The lowest BCUT2D eigenvalue weighted by Crippen LogP contribution is -2.54. The fraction of sp³-hybridized carbons (Fsp3) is 0.600. The minimum atomic E-state index is -1.26. The summed E-state index contributed by atoms with van der Waals surface area (Å²) in [5, 5.41) is 19.8. The Balaban J connectivity index is 4.51. The number of amides is 5. The van der Waals surface area contributed by atoms with Gasteiger partial charge in [-0.05, 0) is 0 Å². The van der Waals surface area contributed by atoms with E-state index in [1.165, 1.54) is 0 Å². The maximum Gasteiger partial charge on any atom is 0.322 e. The first-order valence-electron chi connectivity index (χ1n) is 8.77. The van der Waals surface area contributed by atoms with Gasteiger partial charge in [-0.15, -0.1) is 0 Å². The summed E-state index contributed by atoms with van der Waals surface area (Å²) >= 11 is 11.7. The highest BCUT2D eigenvalue weighted by atomic mass is 32.1. The Bertz CT molecular complexity index is 681. The lowest BCUT2D eigenvalue weighted by atomic mass is 10.3. The zero-order valence-corrected chi connectivity index (χ0v) is 19.0. The van der Waals surface area contributed by atoms with Gasteiger partial charge in [0.1, 0.15) is 18.6 Å². The summed E-state index contributed by atoms with van der Waals surface area (Å²) in [7, 11) is 0. The Morgan fingerprint density at radius 3 is 1.42 bits per heavy atom. The molecular formula is C15H26N6O7S3. The molecule has 13 nitrogen and oxygen atoms in total. The van der Waals surface area contributed by atoms with Gasteiger partial charge in [-0.25, -0.2) is 0 Å². The molecule has 31 heavy (non-hydrogen) atoms. The standard InChI is InChI=1S/C15H26N6O7S3/c16-7(4-29)13(26)17-1-10(22)20-8(5-30)14(27)18-2-11(23)21-9(6-31)15(28)19-3-12(24)25/h7-9,29-31H,1-6,16H2,(H,17,26)(H,18,27)(H,19,28)(H,20,22)(H,21,23)(H,24,25)/t7-,8-,9-/m0/s1. The fourth-order valence-electron chi connectivity index (χ4n) is 1.84. The average molecular weight is 499 g/mol. The summed E-state index contributed by atoms with van der Waals surface area (Å²) in [5.41, 5.74) is 5.45. The van der Waals surface area contributed by atoms with E-state index in [0.29, 0.717) is 0 Å². The molecule has 0 aromatic rings. The normalized spacial score (nSPS) is 13.2. The van der Waals surface area contributed by atoms with Gasteiger partial charge in [-0.1, -0.05) is 0 Å². The van der Waals surface area contributed by atoms with E-state index in [1.807, 2.05) is 0 Å². The predicted molar refractivity (Wildman–Crippen MR) is 120 cm³/mol. The van der Waals surface area contributed by atoms with Gasteiger partial charge in [0.05, 0.1) is 19.1 Å². The summed E-state index contributed by atoms with van der Waals surface area (Å²) in [6.45, 7) is -1.57. The van der Waals surface area contributed by atoms with Crippen LogP contribution < -0.4 is 32.3 Å². The van der Waals surface area contributed by atoms with Crippen LogP contribution in [0, 0.1) is 0 Å². The van der Waals surface area contributed by atoms with Crippen molar-refractivity contribution in [3.63, 3.8) is 0 Å². The minimum Gasteiger partial charge on any atom is -0.480 e. The first-order valence-corrected chi connectivity index (χ1v) is 10.7. The topological polar surface area (TPSA) is 209 Å². The molecule has 0 bridgehead atoms. The van der Waals surface area contributed by atoms with Gasteiger partial charge in [0.25, 0.3) is 0 Å². The maximum absolute atomic E-state index is 12.1. The van der Waals surface area contributed by atoms with E-state index in [0.717, 1.165) is 0 Å². The average Bonchev–Trinajstić information content (AvgIpc) is 2.75. The zero-order valence-electron chi connectivity index (χ0n) is 16.3. The van der Waals surface area contributed by atoms with Crippen LogP contribution in [0.3, 0.4) is 0 Å². The Morgan fingerprint density at radius 2 is 1.06 bits per heavy atom. The molecule has 0 aromatic carbocycles. The molecule has 0 heterocycles. The number of carbonyl (C=O) groups is 6. The molecule has 0 aliphatic carbocycles. The SMILES string of the molecule is N[C@@H](CS)C(=O)NCC(=O)N[C@@H](CS)C(=O)NCC(=O)N[C@@H](CS)C(=O)NCC(=O)O. The van der Waals surface area contributed by atoms with Gasteiger partial charge in [-0.3, -0.25) is 28.8 Å². The number of thiol groups is 3. The third kappa shape index (κ3) is 12.3. The highest BCUT2D eigenvalue weighted by molar-refractivity contribution is 7.80. The zero-order chi connectivity index (χ0) is 24.0. The number of nitrogens with two attached hydrogens (primary N) is 1. The molecular weight excluding hydrogens is 472 g/mol. The number of hydrogen-bond donors (Lipinski definition) is 10. The molecule has 0 saturated heterocycles. The van der Waals surface area contributed by atoms with Crippen molar-refractivity contribution in [2.75, 3.05) is 36.9 Å². The second kappa shape index (κ2) is 15.6. The van der Waals surface area contributed by atoms with Crippen LogP contribution in [0.1, 0.15) is 0 Å². The van der Waals surface area contributed by atoms with E-state index < -0.39 is 73.3 Å². The molecule has 0 saturated carbocycles. The first kappa shape index (κ1) is 28.8.